The Kier molecular flexibility index (Phi) is 4.75. The summed E-state index contributed by atoms with van der Waals surface area (Å²) in [5.41, 5.74) is 6.64. The Morgan fingerprint density at radius 1 is 1.00 bits per heavy atom. The Hall–Kier alpha value is -3.69. The maximum atomic E-state index is 12.9. The molecule has 7 nitrogen and oxygen atoms in total. The van der Waals surface area contributed by atoms with Crippen LogP contribution in [0.4, 0.5) is 36.2 Å². The van der Waals surface area contributed by atoms with Gasteiger partial charge in [0.15, 0.2) is 23.1 Å². The summed E-state index contributed by atoms with van der Waals surface area (Å²) in [7, 11) is 0. The number of ether oxygens (including phenoxy) is 2. The van der Waals surface area contributed by atoms with Crippen LogP contribution in [0.1, 0.15) is 11.1 Å². The van der Waals surface area contributed by atoms with Gasteiger partial charge in [-0.2, -0.15) is 13.2 Å². The molecule has 4 rings (SSSR count). The number of benzene rings is 2. The number of anilines is 4. The predicted octanol–water partition coefficient (Wildman–Crippen LogP) is 4.16. The molecule has 1 aliphatic rings. The second kappa shape index (κ2) is 7.38. The molecule has 4 N–H and O–H groups in total. The van der Waals surface area contributed by atoms with Gasteiger partial charge in [0.1, 0.15) is 12.0 Å². The zero-order valence-electron chi connectivity index (χ0n) is 15.0. The number of alkyl halides is 3. The molecule has 1 aliphatic heterocycles. The molecule has 0 spiro atoms. The van der Waals surface area contributed by atoms with Gasteiger partial charge in [-0.15, -0.1) is 0 Å². The first-order valence-electron chi connectivity index (χ1n) is 8.57. The average Bonchev–Trinajstić information content (AvgIpc) is 3.16. The summed E-state index contributed by atoms with van der Waals surface area (Å²) in [5, 5.41) is 5.89. The fraction of sp³-hybridized carbons (Fsp3) is 0.158. The zero-order chi connectivity index (χ0) is 20.4. The summed E-state index contributed by atoms with van der Waals surface area (Å²) < 4.78 is 49.3. The number of nitrogens with two attached hydrogens (primary N) is 1. The highest BCUT2D eigenvalue weighted by Gasteiger charge is 2.30. The maximum Gasteiger partial charge on any atom is 0.416 e. The number of nitrogens with one attached hydrogen (secondary N) is 2. The van der Waals surface area contributed by atoms with E-state index in [0.29, 0.717) is 23.9 Å². The molecule has 0 atom stereocenters. The molecule has 0 bridgehead atoms. The van der Waals surface area contributed by atoms with Crippen LogP contribution in [-0.2, 0) is 12.7 Å². The van der Waals surface area contributed by atoms with E-state index in [-0.39, 0.29) is 24.0 Å². The largest absolute Gasteiger partial charge is 0.454 e. The number of hydrogen-bond acceptors (Lipinski definition) is 7. The number of nitrogens with zero attached hydrogens (tertiary/aromatic N) is 2. The Labute approximate surface area is 163 Å². The lowest BCUT2D eigenvalue weighted by Crippen LogP contribution is -2.09. The molecule has 2 aromatic carbocycles. The molecule has 1 aromatic heterocycles. The second-order valence-corrected chi connectivity index (χ2v) is 6.23. The van der Waals surface area contributed by atoms with E-state index < -0.39 is 11.7 Å². The molecule has 0 fully saturated rings. The SMILES string of the molecule is Nc1c(NCc2ccc3c(c2)OCO3)ncnc1Nc1cccc(C(F)(F)F)c1. The van der Waals surface area contributed by atoms with Gasteiger partial charge < -0.3 is 25.8 Å². The first-order chi connectivity index (χ1) is 13.9. The third-order valence-electron chi connectivity index (χ3n) is 4.23. The van der Waals surface area contributed by atoms with Crippen LogP contribution in [0.3, 0.4) is 0 Å². The van der Waals surface area contributed by atoms with E-state index in [1.165, 1.54) is 18.5 Å². The molecule has 29 heavy (non-hydrogen) atoms. The Bertz CT molecular complexity index is 1040. The van der Waals surface area contributed by atoms with E-state index in [1.54, 1.807) is 0 Å². The molecular formula is C19H16F3N5O2. The summed E-state index contributed by atoms with van der Waals surface area (Å²) in [6, 6.07) is 10.3. The number of fused-ring (bicyclic) bond motifs is 1. The van der Waals surface area contributed by atoms with Gasteiger partial charge >= 0.3 is 6.18 Å². The van der Waals surface area contributed by atoms with Crippen molar-refractivity contribution in [2.45, 2.75) is 12.7 Å². The minimum atomic E-state index is -4.44. The van der Waals surface area contributed by atoms with Gasteiger partial charge in [0.2, 0.25) is 6.79 Å². The first kappa shape index (κ1) is 18.7. The van der Waals surface area contributed by atoms with Crippen LogP contribution in [0.15, 0.2) is 48.8 Å². The van der Waals surface area contributed by atoms with Gasteiger partial charge in [0, 0.05) is 12.2 Å². The monoisotopic (exact) mass is 403 g/mol. The van der Waals surface area contributed by atoms with Crippen molar-refractivity contribution in [2.24, 2.45) is 0 Å². The average molecular weight is 403 g/mol. The smallest absolute Gasteiger partial charge is 0.416 e. The molecule has 0 amide bonds. The Morgan fingerprint density at radius 2 is 1.79 bits per heavy atom. The highest BCUT2D eigenvalue weighted by molar-refractivity contribution is 5.77. The normalized spacial score (nSPS) is 12.7. The van der Waals surface area contributed by atoms with Crippen molar-refractivity contribution >= 4 is 23.0 Å². The van der Waals surface area contributed by atoms with Crippen molar-refractivity contribution in [3.63, 3.8) is 0 Å². The van der Waals surface area contributed by atoms with E-state index >= 15 is 0 Å². The fourth-order valence-electron chi connectivity index (χ4n) is 2.78. The molecule has 0 radical (unpaired) electrons. The molecule has 0 saturated heterocycles. The van der Waals surface area contributed by atoms with E-state index in [9.17, 15) is 13.2 Å². The van der Waals surface area contributed by atoms with Gasteiger partial charge in [-0.25, -0.2) is 9.97 Å². The number of halogens is 3. The molecular weight excluding hydrogens is 387 g/mol. The molecule has 150 valence electrons. The van der Waals surface area contributed by atoms with E-state index in [4.69, 9.17) is 15.2 Å². The van der Waals surface area contributed by atoms with Gasteiger partial charge in [0.25, 0.3) is 0 Å². The van der Waals surface area contributed by atoms with Crippen molar-refractivity contribution in [1.82, 2.24) is 9.97 Å². The van der Waals surface area contributed by atoms with Crippen molar-refractivity contribution in [1.29, 1.82) is 0 Å². The highest BCUT2D eigenvalue weighted by atomic mass is 19.4. The molecule has 10 heteroatoms. The van der Waals surface area contributed by atoms with Crippen molar-refractivity contribution in [2.75, 3.05) is 23.2 Å². The van der Waals surface area contributed by atoms with Crippen LogP contribution in [0.2, 0.25) is 0 Å². The molecule has 2 heterocycles. The summed E-state index contributed by atoms with van der Waals surface area (Å²) in [6.45, 7) is 0.594. The van der Waals surface area contributed by atoms with Crippen LogP contribution < -0.4 is 25.8 Å². The van der Waals surface area contributed by atoms with Gasteiger partial charge in [0.05, 0.1) is 5.56 Å². The van der Waals surface area contributed by atoms with E-state index in [1.807, 2.05) is 18.2 Å². The first-order valence-corrected chi connectivity index (χ1v) is 8.57. The number of rotatable bonds is 5. The number of nitrogen functional groups attached to an aromatic ring is 1. The van der Waals surface area contributed by atoms with Gasteiger partial charge in [-0.1, -0.05) is 12.1 Å². The van der Waals surface area contributed by atoms with Crippen molar-refractivity contribution < 1.29 is 22.6 Å². The lowest BCUT2D eigenvalue weighted by Gasteiger charge is -2.14. The summed E-state index contributed by atoms with van der Waals surface area (Å²) in [4.78, 5) is 8.13. The Balaban J connectivity index is 1.49. The number of aromatic nitrogens is 2. The lowest BCUT2D eigenvalue weighted by atomic mass is 10.2. The molecule has 0 unspecified atom stereocenters. The maximum absolute atomic E-state index is 12.9. The molecule has 0 saturated carbocycles. The highest BCUT2D eigenvalue weighted by Crippen LogP contribution is 2.34. The van der Waals surface area contributed by atoms with Crippen LogP contribution >= 0.6 is 0 Å². The topological polar surface area (TPSA) is 94.3 Å². The number of hydrogen-bond donors (Lipinski definition) is 3. The summed E-state index contributed by atoms with van der Waals surface area (Å²) in [5.74, 6) is 1.90. The predicted molar refractivity (Wildman–Crippen MR) is 101 cm³/mol. The van der Waals surface area contributed by atoms with Crippen LogP contribution in [-0.4, -0.2) is 16.8 Å². The summed E-state index contributed by atoms with van der Waals surface area (Å²) in [6.07, 6.45) is -3.17. The minimum absolute atomic E-state index is 0.186. The Morgan fingerprint density at radius 3 is 2.62 bits per heavy atom. The standard InChI is InChI=1S/C19H16F3N5O2/c20-19(21,22)12-2-1-3-13(7-12)27-18-16(23)17(25-9-26-18)24-8-11-4-5-14-15(6-11)29-10-28-14/h1-7,9H,8,10,23H2,(H2,24,25,26,27). The zero-order valence-corrected chi connectivity index (χ0v) is 15.0. The minimum Gasteiger partial charge on any atom is -0.454 e. The summed E-state index contributed by atoms with van der Waals surface area (Å²) >= 11 is 0. The van der Waals surface area contributed by atoms with Crippen LogP contribution in [0.5, 0.6) is 11.5 Å². The quantitative estimate of drug-likeness (QED) is 0.589. The lowest BCUT2D eigenvalue weighted by molar-refractivity contribution is -0.137. The molecule has 3 aromatic rings. The molecule has 0 aliphatic carbocycles. The second-order valence-electron chi connectivity index (χ2n) is 6.23. The van der Waals surface area contributed by atoms with Gasteiger partial charge in [-0.05, 0) is 35.9 Å². The van der Waals surface area contributed by atoms with Gasteiger partial charge in [-0.3, -0.25) is 0 Å². The fourth-order valence-corrected chi connectivity index (χ4v) is 2.78. The van der Waals surface area contributed by atoms with Crippen LogP contribution in [0.25, 0.3) is 0 Å². The third-order valence-corrected chi connectivity index (χ3v) is 4.23. The van der Waals surface area contributed by atoms with Crippen molar-refractivity contribution in [3.8, 4) is 11.5 Å². The van der Waals surface area contributed by atoms with Crippen molar-refractivity contribution in [3.05, 3.63) is 59.9 Å². The van der Waals surface area contributed by atoms with E-state index in [0.717, 1.165) is 17.7 Å². The van der Waals surface area contributed by atoms with E-state index in [2.05, 4.69) is 20.6 Å². The van der Waals surface area contributed by atoms with Crippen LogP contribution in [0, 0.1) is 0 Å². The third kappa shape index (κ3) is 4.10.